The van der Waals surface area contributed by atoms with E-state index in [1.807, 2.05) is 0 Å². The van der Waals surface area contributed by atoms with Gasteiger partial charge in [-0.05, 0) is 35.5 Å². The minimum Gasteiger partial charge on any atom is -0.493 e. The molecule has 132 valence electrons. The number of amides is 2. The van der Waals surface area contributed by atoms with E-state index in [-0.39, 0.29) is 29.2 Å². The van der Waals surface area contributed by atoms with Gasteiger partial charge in [0.2, 0.25) is 5.91 Å². The van der Waals surface area contributed by atoms with Crippen molar-refractivity contribution in [3.63, 3.8) is 0 Å². The standard InChI is InChI=1S/C17H18N2O5S/c1-4-14(20)18-17-19-16(22)13(25-17)9-10-6-7-11(23-3)12(8-10)24-15(21)5-2/h6-9H,4-5H2,1-3H3,(H,18,19,20,22)/b13-9+. The summed E-state index contributed by atoms with van der Waals surface area (Å²) in [7, 11) is 1.48. The fraction of sp³-hybridized carbons (Fsp3) is 0.294. The Labute approximate surface area is 149 Å². The minimum absolute atomic E-state index is 0.210. The van der Waals surface area contributed by atoms with E-state index in [1.165, 1.54) is 7.11 Å². The van der Waals surface area contributed by atoms with Crippen LogP contribution in [-0.4, -0.2) is 30.1 Å². The molecule has 1 heterocycles. The van der Waals surface area contributed by atoms with Crippen molar-refractivity contribution in [3.8, 4) is 11.5 Å². The highest BCUT2D eigenvalue weighted by Crippen LogP contribution is 2.32. The number of hydrogen-bond acceptors (Lipinski definition) is 6. The Morgan fingerprint density at radius 1 is 1.24 bits per heavy atom. The van der Waals surface area contributed by atoms with Crippen molar-refractivity contribution in [2.75, 3.05) is 7.11 Å². The minimum atomic E-state index is -0.431. The molecule has 1 aliphatic rings. The lowest BCUT2D eigenvalue weighted by Gasteiger charge is -2.09. The Morgan fingerprint density at radius 3 is 2.64 bits per heavy atom. The molecular weight excluding hydrogens is 344 g/mol. The third-order valence-electron chi connectivity index (χ3n) is 3.19. The van der Waals surface area contributed by atoms with Crippen molar-refractivity contribution >= 4 is 40.8 Å². The second kappa shape index (κ2) is 8.48. The molecule has 25 heavy (non-hydrogen) atoms. The first-order valence-electron chi connectivity index (χ1n) is 7.68. The molecule has 0 bridgehead atoms. The fourth-order valence-corrected chi connectivity index (χ4v) is 2.71. The summed E-state index contributed by atoms with van der Waals surface area (Å²) in [6.45, 7) is 3.41. The Balaban J connectivity index is 2.21. The van der Waals surface area contributed by atoms with E-state index in [0.717, 1.165) is 11.8 Å². The van der Waals surface area contributed by atoms with Crippen LogP contribution in [-0.2, 0) is 14.4 Å². The van der Waals surface area contributed by atoms with Gasteiger partial charge in [0.1, 0.15) is 0 Å². The van der Waals surface area contributed by atoms with Crippen molar-refractivity contribution in [3.05, 3.63) is 28.7 Å². The fourth-order valence-electron chi connectivity index (χ4n) is 1.88. The van der Waals surface area contributed by atoms with Crippen molar-refractivity contribution in [1.82, 2.24) is 5.32 Å². The molecule has 1 aromatic carbocycles. The quantitative estimate of drug-likeness (QED) is 0.491. The van der Waals surface area contributed by atoms with Crippen LogP contribution in [0, 0.1) is 0 Å². The molecule has 2 rings (SSSR count). The van der Waals surface area contributed by atoms with Crippen LogP contribution in [0.5, 0.6) is 11.5 Å². The van der Waals surface area contributed by atoms with E-state index < -0.39 is 5.91 Å². The number of hydrogen-bond donors (Lipinski definition) is 1. The van der Waals surface area contributed by atoms with Crippen LogP contribution in [0.1, 0.15) is 32.3 Å². The van der Waals surface area contributed by atoms with Crippen LogP contribution in [0.2, 0.25) is 0 Å². The average molecular weight is 362 g/mol. The first kappa shape index (κ1) is 18.7. The Morgan fingerprint density at radius 2 is 2.00 bits per heavy atom. The molecule has 0 atom stereocenters. The lowest BCUT2D eigenvalue weighted by Crippen LogP contribution is -2.26. The summed E-state index contributed by atoms with van der Waals surface area (Å²) in [4.78, 5) is 39.0. The van der Waals surface area contributed by atoms with Crippen molar-refractivity contribution < 1.29 is 23.9 Å². The largest absolute Gasteiger partial charge is 0.493 e. The number of amidine groups is 1. The number of rotatable bonds is 5. The Bertz CT molecular complexity index is 770. The average Bonchev–Trinajstić information content (AvgIpc) is 2.94. The van der Waals surface area contributed by atoms with E-state index in [2.05, 4.69) is 10.3 Å². The van der Waals surface area contributed by atoms with Crippen LogP contribution in [0.4, 0.5) is 0 Å². The molecule has 0 saturated carbocycles. The predicted molar refractivity (Wildman–Crippen MR) is 95.4 cm³/mol. The van der Waals surface area contributed by atoms with Gasteiger partial charge >= 0.3 is 5.97 Å². The summed E-state index contributed by atoms with van der Waals surface area (Å²) in [5, 5.41) is 2.82. The van der Waals surface area contributed by atoms with Gasteiger partial charge in [-0.1, -0.05) is 19.9 Å². The highest BCUT2D eigenvalue weighted by molar-refractivity contribution is 8.18. The smallest absolute Gasteiger partial charge is 0.311 e. The summed E-state index contributed by atoms with van der Waals surface area (Å²) in [6, 6.07) is 4.98. The summed E-state index contributed by atoms with van der Waals surface area (Å²) in [5.74, 6) is -0.332. The maximum Gasteiger partial charge on any atom is 0.311 e. The van der Waals surface area contributed by atoms with Crippen molar-refractivity contribution in [1.29, 1.82) is 0 Å². The van der Waals surface area contributed by atoms with Gasteiger partial charge in [0.25, 0.3) is 5.91 Å². The molecule has 0 spiro atoms. The molecule has 2 amide bonds. The summed E-state index contributed by atoms with van der Waals surface area (Å²) in [5.41, 5.74) is 0.647. The molecular formula is C17H18N2O5S. The van der Waals surface area contributed by atoms with Gasteiger partial charge in [-0.2, -0.15) is 4.99 Å². The number of ether oxygens (including phenoxy) is 2. The van der Waals surface area contributed by atoms with Gasteiger partial charge in [-0.15, -0.1) is 0 Å². The Kier molecular flexibility index (Phi) is 6.35. The molecule has 1 aliphatic heterocycles. The SMILES string of the molecule is CCC(=O)NC1=NC(=O)/C(=C\c2ccc(OC)c(OC(=O)CC)c2)S1. The molecule has 1 N–H and O–H groups in total. The normalized spacial score (nSPS) is 15.1. The monoisotopic (exact) mass is 362 g/mol. The number of benzene rings is 1. The zero-order valence-electron chi connectivity index (χ0n) is 14.1. The molecule has 7 nitrogen and oxygen atoms in total. The number of carbonyl (C=O) groups is 3. The maximum absolute atomic E-state index is 12.0. The van der Waals surface area contributed by atoms with E-state index in [1.54, 1.807) is 38.1 Å². The summed E-state index contributed by atoms with van der Waals surface area (Å²) < 4.78 is 10.4. The van der Waals surface area contributed by atoms with Gasteiger partial charge in [0, 0.05) is 12.8 Å². The molecule has 0 radical (unpaired) electrons. The van der Waals surface area contributed by atoms with E-state index in [9.17, 15) is 14.4 Å². The molecule has 8 heteroatoms. The number of nitrogens with zero attached hydrogens (tertiary/aromatic N) is 1. The molecule has 0 aromatic heterocycles. The van der Waals surface area contributed by atoms with Gasteiger partial charge in [-0.3, -0.25) is 14.4 Å². The zero-order chi connectivity index (χ0) is 18.4. The molecule has 1 aromatic rings. The lowest BCUT2D eigenvalue weighted by atomic mass is 10.2. The number of aliphatic imine (C=N–C) groups is 1. The van der Waals surface area contributed by atoms with Crippen molar-refractivity contribution in [2.24, 2.45) is 4.99 Å². The third kappa shape index (κ3) is 4.93. The number of methoxy groups -OCH3 is 1. The molecule has 0 unspecified atom stereocenters. The molecule has 0 saturated heterocycles. The van der Waals surface area contributed by atoms with Gasteiger partial charge in [0.05, 0.1) is 12.0 Å². The van der Waals surface area contributed by atoms with Gasteiger partial charge < -0.3 is 14.8 Å². The van der Waals surface area contributed by atoms with Crippen LogP contribution in [0.3, 0.4) is 0 Å². The predicted octanol–water partition coefficient (Wildman–Crippen LogP) is 2.51. The zero-order valence-corrected chi connectivity index (χ0v) is 14.9. The number of nitrogens with one attached hydrogen (secondary N) is 1. The lowest BCUT2D eigenvalue weighted by molar-refractivity contribution is -0.134. The first-order chi connectivity index (χ1) is 12.0. The highest BCUT2D eigenvalue weighted by atomic mass is 32.2. The second-order valence-electron chi connectivity index (χ2n) is 4.97. The van der Waals surface area contributed by atoms with Gasteiger partial charge in [0.15, 0.2) is 16.7 Å². The highest BCUT2D eigenvalue weighted by Gasteiger charge is 2.23. The van der Waals surface area contributed by atoms with Crippen LogP contribution in [0.15, 0.2) is 28.1 Å². The first-order valence-corrected chi connectivity index (χ1v) is 8.49. The second-order valence-corrected chi connectivity index (χ2v) is 6.00. The number of thioether (sulfide) groups is 1. The Hall–Kier alpha value is -2.61. The van der Waals surface area contributed by atoms with Crippen LogP contribution < -0.4 is 14.8 Å². The van der Waals surface area contributed by atoms with Crippen LogP contribution >= 0.6 is 11.8 Å². The summed E-state index contributed by atoms with van der Waals surface area (Å²) in [6.07, 6.45) is 2.15. The molecule has 0 aliphatic carbocycles. The number of esters is 1. The van der Waals surface area contributed by atoms with Crippen LogP contribution in [0.25, 0.3) is 6.08 Å². The van der Waals surface area contributed by atoms with Gasteiger partial charge in [-0.25, -0.2) is 0 Å². The third-order valence-corrected chi connectivity index (χ3v) is 4.08. The molecule has 0 fully saturated rings. The maximum atomic E-state index is 12.0. The number of carbonyl (C=O) groups excluding carboxylic acids is 3. The summed E-state index contributed by atoms with van der Waals surface area (Å²) >= 11 is 1.08. The van der Waals surface area contributed by atoms with Crippen molar-refractivity contribution in [2.45, 2.75) is 26.7 Å². The van der Waals surface area contributed by atoms with E-state index in [4.69, 9.17) is 9.47 Å². The van der Waals surface area contributed by atoms with E-state index in [0.29, 0.717) is 22.6 Å². The topological polar surface area (TPSA) is 94.1 Å². The van der Waals surface area contributed by atoms with E-state index >= 15 is 0 Å².